The van der Waals surface area contributed by atoms with Crippen LogP contribution in [0.4, 0.5) is 0 Å². The summed E-state index contributed by atoms with van der Waals surface area (Å²) in [6.07, 6.45) is 5.23. The lowest BCUT2D eigenvalue weighted by molar-refractivity contribution is 0.134. The SMILES string of the molecule is CCCCCC(C)(C)c1ccc(COCC)cc1. The summed E-state index contributed by atoms with van der Waals surface area (Å²) >= 11 is 0. The molecular weight excluding hydrogens is 220 g/mol. The summed E-state index contributed by atoms with van der Waals surface area (Å²) in [7, 11) is 0. The van der Waals surface area contributed by atoms with Gasteiger partial charge in [0.25, 0.3) is 0 Å². The molecule has 0 bridgehead atoms. The zero-order valence-corrected chi connectivity index (χ0v) is 12.5. The molecule has 0 radical (unpaired) electrons. The Kier molecular flexibility index (Phi) is 6.42. The van der Waals surface area contributed by atoms with Gasteiger partial charge in [-0.1, -0.05) is 64.3 Å². The monoisotopic (exact) mass is 248 g/mol. The molecule has 0 heterocycles. The maximum Gasteiger partial charge on any atom is 0.0716 e. The van der Waals surface area contributed by atoms with Crippen molar-refractivity contribution in [2.75, 3.05) is 6.61 Å². The Morgan fingerprint density at radius 2 is 1.67 bits per heavy atom. The largest absolute Gasteiger partial charge is 0.377 e. The highest BCUT2D eigenvalue weighted by molar-refractivity contribution is 5.27. The van der Waals surface area contributed by atoms with Crippen LogP contribution in [-0.2, 0) is 16.8 Å². The summed E-state index contributed by atoms with van der Waals surface area (Å²) in [5, 5.41) is 0. The van der Waals surface area contributed by atoms with Gasteiger partial charge in [0.2, 0.25) is 0 Å². The van der Waals surface area contributed by atoms with E-state index in [2.05, 4.69) is 45.0 Å². The van der Waals surface area contributed by atoms with Crippen molar-refractivity contribution < 1.29 is 4.74 Å². The zero-order valence-electron chi connectivity index (χ0n) is 12.5. The van der Waals surface area contributed by atoms with E-state index in [1.54, 1.807) is 0 Å². The van der Waals surface area contributed by atoms with Gasteiger partial charge in [-0.15, -0.1) is 0 Å². The quantitative estimate of drug-likeness (QED) is 0.583. The molecule has 1 nitrogen and oxygen atoms in total. The Bertz CT molecular complexity index is 324. The number of rotatable bonds is 8. The van der Waals surface area contributed by atoms with Gasteiger partial charge in [0, 0.05) is 6.61 Å². The Balaban J connectivity index is 2.59. The van der Waals surface area contributed by atoms with E-state index in [0.717, 1.165) is 13.2 Å². The zero-order chi connectivity index (χ0) is 13.4. The summed E-state index contributed by atoms with van der Waals surface area (Å²) in [6, 6.07) is 8.93. The Labute approximate surface area is 113 Å². The molecule has 0 fully saturated rings. The van der Waals surface area contributed by atoms with Gasteiger partial charge in [-0.25, -0.2) is 0 Å². The van der Waals surface area contributed by atoms with Crippen molar-refractivity contribution in [1.29, 1.82) is 0 Å². The molecule has 0 aliphatic heterocycles. The highest BCUT2D eigenvalue weighted by atomic mass is 16.5. The smallest absolute Gasteiger partial charge is 0.0716 e. The van der Waals surface area contributed by atoms with Crippen LogP contribution in [0, 0.1) is 0 Å². The topological polar surface area (TPSA) is 9.23 Å². The van der Waals surface area contributed by atoms with E-state index < -0.39 is 0 Å². The maximum absolute atomic E-state index is 5.42. The van der Waals surface area contributed by atoms with E-state index in [1.165, 1.54) is 36.8 Å². The molecule has 0 saturated carbocycles. The van der Waals surface area contributed by atoms with Crippen molar-refractivity contribution in [1.82, 2.24) is 0 Å². The number of ether oxygens (including phenoxy) is 1. The predicted molar refractivity (Wildman–Crippen MR) is 78.9 cm³/mol. The van der Waals surface area contributed by atoms with Gasteiger partial charge in [0.05, 0.1) is 6.61 Å². The molecule has 18 heavy (non-hydrogen) atoms. The van der Waals surface area contributed by atoms with Crippen molar-refractivity contribution in [3.8, 4) is 0 Å². The molecule has 102 valence electrons. The van der Waals surface area contributed by atoms with Crippen molar-refractivity contribution in [2.45, 2.75) is 65.4 Å². The van der Waals surface area contributed by atoms with Crippen molar-refractivity contribution in [3.05, 3.63) is 35.4 Å². The van der Waals surface area contributed by atoms with Crippen LogP contribution >= 0.6 is 0 Å². The van der Waals surface area contributed by atoms with Crippen molar-refractivity contribution in [3.63, 3.8) is 0 Å². The first-order valence-electron chi connectivity index (χ1n) is 7.27. The molecule has 0 aliphatic carbocycles. The third kappa shape index (κ3) is 4.81. The Morgan fingerprint density at radius 3 is 2.22 bits per heavy atom. The number of hydrogen-bond donors (Lipinski definition) is 0. The fourth-order valence-electron chi connectivity index (χ4n) is 2.23. The number of unbranched alkanes of at least 4 members (excludes halogenated alkanes) is 2. The second kappa shape index (κ2) is 7.58. The number of hydrogen-bond acceptors (Lipinski definition) is 1. The molecule has 0 saturated heterocycles. The predicted octanol–water partition coefficient (Wildman–Crippen LogP) is 5.08. The molecule has 0 aromatic heterocycles. The van der Waals surface area contributed by atoms with Crippen LogP contribution in [0.15, 0.2) is 24.3 Å². The lowest BCUT2D eigenvalue weighted by Gasteiger charge is -2.25. The van der Waals surface area contributed by atoms with Gasteiger partial charge in [-0.3, -0.25) is 0 Å². The van der Waals surface area contributed by atoms with Gasteiger partial charge >= 0.3 is 0 Å². The van der Waals surface area contributed by atoms with Crippen LogP contribution in [0.5, 0.6) is 0 Å². The van der Waals surface area contributed by atoms with Crippen LogP contribution in [0.1, 0.15) is 64.5 Å². The van der Waals surface area contributed by atoms with Crippen molar-refractivity contribution in [2.24, 2.45) is 0 Å². The molecule has 1 aromatic rings. The lowest BCUT2D eigenvalue weighted by Crippen LogP contribution is -2.16. The molecule has 1 heteroatoms. The maximum atomic E-state index is 5.42. The first-order valence-corrected chi connectivity index (χ1v) is 7.27. The van der Waals surface area contributed by atoms with E-state index >= 15 is 0 Å². The minimum atomic E-state index is 0.291. The fraction of sp³-hybridized carbons (Fsp3) is 0.647. The van der Waals surface area contributed by atoms with E-state index in [4.69, 9.17) is 4.74 Å². The Hall–Kier alpha value is -0.820. The second-order valence-corrected chi connectivity index (χ2v) is 5.68. The molecule has 0 unspecified atom stereocenters. The van der Waals surface area contributed by atoms with Crippen LogP contribution < -0.4 is 0 Å². The van der Waals surface area contributed by atoms with Gasteiger partial charge < -0.3 is 4.74 Å². The summed E-state index contributed by atoms with van der Waals surface area (Å²) in [5.74, 6) is 0. The van der Waals surface area contributed by atoms with Crippen LogP contribution in [0.3, 0.4) is 0 Å². The van der Waals surface area contributed by atoms with E-state index in [9.17, 15) is 0 Å². The van der Waals surface area contributed by atoms with Crippen LogP contribution in [0.25, 0.3) is 0 Å². The van der Waals surface area contributed by atoms with Crippen LogP contribution in [-0.4, -0.2) is 6.61 Å². The van der Waals surface area contributed by atoms with Gasteiger partial charge in [0.1, 0.15) is 0 Å². The first kappa shape index (κ1) is 15.2. The van der Waals surface area contributed by atoms with E-state index in [-0.39, 0.29) is 0 Å². The van der Waals surface area contributed by atoms with Gasteiger partial charge in [0.15, 0.2) is 0 Å². The third-order valence-electron chi connectivity index (χ3n) is 3.61. The average Bonchev–Trinajstić information content (AvgIpc) is 2.37. The Morgan fingerprint density at radius 1 is 1.00 bits per heavy atom. The molecule has 0 aliphatic rings. The lowest BCUT2D eigenvalue weighted by atomic mass is 9.80. The third-order valence-corrected chi connectivity index (χ3v) is 3.61. The van der Waals surface area contributed by atoms with Crippen molar-refractivity contribution >= 4 is 0 Å². The highest BCUT2D eigenvalue weighted by Crippen LogP contribution is 2.29. The number of benzene rings is 1. The van der Waals surface area contributed by atoms with Gasteiger partial charge in [-0.05, 0) is 29.9 Å². The summed E-state index contributed by atoms with van der Waals surface area (Å²) in [4.78, 5) is 0. The molecule has 0 atom stereocenters. The minimum Gasteiger partial charge on any atom is -0.377 e. The highest BCUT2D eigenvalue weighted by Gasteiger charge is 2.19. The molecule has 0 N–H and O–H groups in total. The summed E-state index contributed by atoms with van der Waals surface area (Å²) in [6.45, 7) is 10.5. The first-order chi connectivity index (χ1) is 8.60. The summed E-state index contributed by atoms with van der Waals surface area (Å²) in [5.41, 5.74) is 3.00. The molecule has 1 aromatic carbocycles. The normalized spacial score (nSPS) is 11.8. The molecule has 0 spiro atoms. The summed E-state index contributed by atoms with van der Waals surface area (Å²) < 4.78 is 5.42. The molecule has 0 amide bonds. The minimum absolute atomic E-state index is 0.291. The molecule has 1 rings (SSSR count). The molecular formula is C17H28O. The standard InChI is InChI=1S/C17H28O/c1-5-7-8-13-17(3,4)16-11-9-15(10-12-16)14-18-6-2/h9-12H,5-8,13-14H2,1-4H3. The fourth-order valence-corrected chi connectivity index (χ4v) is 2.23. The van der Waals surface area contributed by atoms with Crippen LogP contribution in [0.2, 0.25) is 0 Å². The average molecular weight is 248 g/mol. The van der Waals surface area contributed by atoms with Gasteiger partial charge in [-0.2, -0.15) is 0 Å². The van der Waals surface area contributed by atoms with E-state index in [1.807, 2.05) is 6.92 Å². The second-order valence-electron chi connectivity index (χ2n) is 5.68. The van der Waals surface area contributed by atoms with E-state index in [0.29, 0.717) is 5.41 Å².